The summed E-state index contributed by atoms with van der Waals surface area (Å²) in [6, 6.07) is 12.3. The van der Waals surface area contributed by atoms with Crippen molar-refractivity contribution >= 4 is 12.1 Å². The summed E-state index contributed by atoms with van der Waals surface area (Å²) >= 11 is 0. The normalized spacial score (nSPS) is 12.5. The van der Waals surface area contributed by atoms with Gasteiger partial charge in [-0.1, -0.05) is 30.3 Å². The Morgan fingerprint density at radius 2 is 2.06 bits per heavy atom. The SMILES string of the molecule is O=C(N/N=C\c1ccc[nH]1)[C@H](O)c1ccccc1. The molecule has 0 radical (unpaired) electrons. The molecule has 1 aromatic heterocycles. The van der Waals surface area contributed by atoms with E-state index in [2.05, 4.69) is 15.5 Å². The smallest absolute Gasteiger partial charge is 0.273 e. The van der Waals surface area contributed by atoms with Crippen LogP contribution in [-0.4, -0.2) is 22.2 Å². The summed E-state index contributed by atoms with van der Waals surface area (Å²) in [4.78, 5) is 14.5. The number of rotatable bonds is 4. The Morgan fingerprint density at radius 3 is 2.72 bits per heavy atom. The number of aromatic amines is 1. The molecule has 2 aromatic rings. The molecule has 92 valence electrons. The van der Waals surface area contributed by atoms with Crippen molar-refractivity contribution < 1.29 is 9.90 Å². The Balaban J connectivity index is 1.92. The minimum Gasteiger partial charge on any atom is -0.378 e. The number of carbonyl (C=O) groups is 1. The van der Waals surface area contributed by atoms with Crippen LogP contribution in [0.3, 0.4) is 0 Å². The van der Waals surface area contributed by atoms with Gasteiger partial charge in [0.15, 0.2) is 6.10 Å². The summed E-state index contributed by atoms with van der Waals surface area (Å²) in [5.41, 5.74) is 3.58. The number of hydrogen-bond donors (Lipinski definition) is 3. The van der Waals surface area contributed by atoms with Crippen molar-refractivity contribution in [3.8, 4) is 0 Å². The average Bonchev–Trinajstić information content (AvgIpc) is 2.92. The van der Waals surface area contributed by atoms with E-state index in [9.17, 15) is 9.90 Å². The zero-order chi connectivity index (χ0) is 12.8. The fraction of sp³-hybridized carbons (Fsp3) is 0.0769. The van der Waals surface area contributed by atoms with E-state index in [-0.39, 0.29) is 0 Å². The Labute approximate surface area is 104 Å². The van der Waals surface area contributed by atoms with Crippen molar-refractivity contribution in [2.75, 3.05) is 0 Å². The molecule has 5 heteroatoms. The number of carbonyl (C=O) groups excluding carboxylic acids is 1. The summed E-state index contributed by atoms with van der Waals surface area (Å²) < 4.78 is 0. The van der Waals surface area contributed by atoms with Gasteiger partial charge in [-0.2, -0.15) is 5.10 Å². The van der Waals surface area contributed by atoms with Gasteiger partial charge in [-0.3, -0.25) is 4.79 Å². The summed E-state index contributed by atoms with van der Waals surface area (Å²) in [5.74, 6) is -0.566. The molecule has 1 atom stereocenters. The van der Waals surface area contributed by atoms with Crippen LogP contribution in [0.2, 0.25) is 0 Å². The molecule has 0 bridgehead atoms. The lowest BCUT2D eigenvalue weighted by molar-refractivity contribution is -0.129. The highest BCUT2D eigenvalue weighted by molar-refractivity contribution is 5.84. The lowest BCUT2D eigenvalue weighted by atomic mass is 10.1. The molecule has 18 heavy (non-hydrogen) atoms. The molecule has 1 heterocycles. The Morgan fingerprint density at radius 1 is 1.28 bits per heavy atom. The highest BCUT2D eigenvalue weighted by Gasteiger charge is 2.15. The molecular weight excluding hydrogens is 230 g/mol. The number of aliphatic hydroxyl groups is 1. The van der Waals surface area contributed by atoms with Gasteiger partial charge in [0.2, 0.25) is 0 Å². The number of hydrazone groups is 1. The van der Waals surface area contributed by atoms with Gasteiger partial charge >= 0.3 is 0 Å². The van der Waals surface area contributed by atoms with Crippen LogP contribution >= 0.6 is 0 Å². The number of H-pyrrole nitrogens is 1. The van der Waals surface area contributed by atoms with Gasteiger partial charge in [0.1, 0.15) is 0 Å². The zero-order valence-electron chi connectivity index (χ0n) is 9.58. The van der Waals surface area contributed by atoms with E-state index < -0.39 is 12.0 Å². The molecular formula is C13H13N3O2. The Hall–Kier alpha value is -2.40. The maximum Gasteiger partial charge on any atom is 0.273 e. The molecule has 0 unspecified atom stereocenters. The van der Waals surface area contributed by atoms with E-state index in [4.69, 9.17) is 0 Å². The third-order valence-corrected chi connectivity index (χ3v) is 2.36. The predicted molar refractivity (Wildman–Crippen MR) is 67.9 cm³/mol. The molecule has 0 saturated heterocycles. The van der Waals surface area contributed by atoms with Gasteiger partial charge in [0.05, 0.1) is 11.9 Å². The number of amides is 1. The second-order valence-corrected chi connectivity index (χ2v) is 3.67. The number of hydrogen-bond acceptors (Lipinski definition) is 3. The molecule has 5 nitrogen and oxygen atoms in total. The highest BCUT2D eigenvalue weighted by Crippen LogP contribution is 2.11. The van der Waals surface area contributed by atoms with E-state index in [1.54, 1.807) is 30.5 Å². The lowest BCUT2D eigenvalue weighted by Crippen LogP contribution is -2.25. The number of aliphatic hydroxyl groups excluding tert-OH is 1. The van der Waals surface area contributed by atoms with Gasteiger partial charge in [-0.15, -0.1) is 0 Å². The highest BCUT2D eigenvalue weighted by atomic mass is 16.3. The summed E-state index contributed by atoms with van der Waals surface area (Å²) in [6.07, 6.45) is 2.00. The topological polar surface area (TPSA) is 77.5 Å². The minimum absolute atomic E-state index is 0.532. The van der Waals surface area contributed by atoms with Crippen LogP contribution in [0.5, 0.6) is 0 Å². The van der Waals surface area contributed by atoms with Gasteiger partial charge in [0, 0.05) is 6.20 Å². The first kappa shape index (κ1) is 12.1. The van der Waals surface area contributed by atoms with Crippen molar-refractivity contribution in [2.45, 2.75) is 6.10 Å². The molecule has 1 aromatic carbocycles. The predicted octanol–water partition coefficient (Wildman–Crippen LogP) is 1.20. The van der Waals surface area contributed by atoms with Crippen LogP contribution in [0.15, 0.2) is 53.8 Å². The molecule has 0 fully saturated rings. The zero-order valence-corrected chi connectivity index (χ0v) is 9.58. The van der Waals surface area contributed by atoms with Gasteiger partial charge in [0.25, 0.3) is 5.91 Å². The largest absolute Gasteiger partial charge is 0.378 e. The lowest BCUT2D eigenvalue weighted by Gasteiger charge is -2.08. The molecule has 0 saturated carbocycles. The third-order valence-electron chi connectivity index (χ3n) is 2.36. The van der Waals surface area contributed by atoms with E-state index in [0.29, 0.717) is 5.56 Å². The average molecular weight is 243 g/mol. The molecule has 0 aliphatic carbocycles. The van der Waals surface area contributed by atoms with Crippen molar-refractivity contribution in [3.05, 3.63) is 59.9 Å². The number of aromatic nitrogens is 1. The van der Waals surface area contributed by atoms with Crippen molar-refractivity contribution in [3.63, 3.8) is 0 Å². The maximum absolute atomic E-state index is 11.6. The quantitative estimate of drug-likeness (QED) is 0.557. The minimum atomic E-state index is -1.22. The molecule has 1 amide bonds. The number of nitrogens with zero attached hydrogens (tertiary/aromatic N) is 1. The van der Waals surface area contributed by atoms with E-state index in [1.807, 2.05) is 18.2 Å². The van der Waals surface area contributed by atoms with E-state index in [1.165, 1.54) is 6.21 Å². The fourth-order valence-electron chi connectivity index (χ4n) is 1.44. The van der Waals surface area contributed by atoms with Crippen molar-refractivity contribution in [1.29, 1.82) is 0 Å². The van der Waals surface area contributed by atoms with Crippen molar-refractivity contribution in [2.24, 2.45) is 5.10 Å². The fourth-order valence-corrected chi connectivity index (χ4v) is 1.44. The number of nitrogens with one attached hydrogen (secondary N) is 2. The molecule has 3 N–H and O–H groups in total. The second-order valence-electron chi connectivity index (χ2n) is 3.67. The monoisotopic (exact) mass is 243 g/mol. The number of benzene rings is 1. The molecule has 2 rings (SSSR count). The first-order valence-corrected chi connectivity index (χ1v) is 5.46. The first-order chi connectivity index (χ1) is 8.77. The second kappa shape index (κ2) is 5.79. The van der Waals surface area contributed by atoms with E-state index in [0.717, 1.165) is 5.69 Å². The van der Waals surface area contributed by atoms with Crippen LogP contribution in [0, 0.1) is 0 Å². The van der Waals surface area contributed by atoms with Gasteiger partial charge < -0.3 is 10.1 Å². The van der Waals surface area contributed by atoms with Crippen LogP contribution < -0.4 is 5.43 Å². The summed E-state index contributed by atoms with van der Waals surface area (Å²) in [5, 5.41) is 13.5. The Kier molecular flexibility index (Phi) is 3.88. The standard InChI is InChI=1S/C13H13N3O2/c17-12(10-5-2-1-3-6-10)13(18)16-15-9-11-7-4-8-14-11/h1-9,12,14,17H,(H,16,18)/b15-9-/t12-/m1/s1. The van der Waals surface area contributed by atoms with Gasteiger partial charge in [-0.25, -0.2) is 5.43 Å². The first-order valence-electron chi connectivity index (χ1n) is 5.46. The van der Waals surface area contributed by atoms with Crippen LogP contribution in [-0.2, 0) is 4.79 Å². The van der Waals surface area contributed by atoms with Crippen LogP contribution in [0.25, 0.3) is 0 Å². The van der Waals surface area contributed by atoms with Crippen LogP contribution in [0.1, 0.15) is 17.4 Å². The summed E-state index contributed by atoms with van der Waals surface area (Å²) in [6.45, 7) is 0. The third kappa shape index (κ3) is 3.05. The van der Waals surface area contributed by atoms with E-state index >= 15 is 0 Å². The van der Waals surface area contributed by atoms with Crippen LogP contribution in [0.4, 0.5) is 0 Å². The summed E-state index contributed by atoms with van der Waals surface area (Å²) in [7, 11) is 0. The Bertz CT molecular complexity index is 520. The van der Waals surface area contributed by atoms with Gasteiger partial charge in [-0.05, 0) is 17.7 Å². The maximum atomic E-state index is 11.6. The molecule has 0 aliphatic heterocycles. The molecule has 0 spiro atoms. The van der Waals surface area contributed by atoms with Crippen molar-refractivity contribution in [1.82, 2.24) is 10.4 Å². The molecule has 0 aliphatic rings.